The van der Waals surface area contributed by atoms with Crippen LogP contribution in [0, 0.1) is 5.92 Å². The molecule has 0 unspecified atom stereocenters. The monoisotopic (exact) mass is 1020 g/mol. The molecular weight excluding hydrogens is 955 g/mol. The number of likely N-dealkylation sites (tertiary alicyclic amines) is 2. The number of benzene rings is 2. The Morgan fingerprint density at radius 1 is 0.630 bits per heavy atom. The summed E-state index contributed by atoms with van der Waals surface area (Å²) in [6.07, 6.45) is -1.06. The Hall–Kier alpha value is -7.83. The zero-order chi connectivity index (χ0) is 53.9. The van der Waals surface area contributed by atoms with Gasteiger partial charge in [0.2, 0.25) is 41.4 Å². The second-order valence-corrected chi connectivity index (χ2v) is 18.5. The second kappa shape index (κ2) is 27.7. The molecule has 2 heterocycles. The van der Waals surface area contributed by atoms with Crippen LogP contribution in [-0.2, 0) is 60.8 Å². The fourth-order valence-corrected chi connectivity index (χ4v) is 8.64. The first-order valence-electron chi connectivity index (χ1n) is 24.0. The summed E-state index contributed by atoms with van der Waals surface area (Å²) in [6.45, 7) is 3.96. The van der Waals surface area contributed by atoms with Gasteiger partial charge in [0.25, 0.3) is 0 Å². The lowest BCUT2D eigenvalue weighted by Crippen LogP contribution is -2.60. The first kappa shape index (κ1) is 57.7. The average molecular weight is 1020 g/mol. The van der Waals surface area contributed by atoms with Gasteiger partial charge in [-0.2, -0.15) is 0 Å². The van der Waals surface area contributed by atoms with Gasteiger partial charge in [0, 0.05) is 32.5 Å². The normalized spacial score (nSPS) is 17.7. The lowest BCUT2D eigenvalue weighted by Gasteiger charge is -2.31. The number of phenols is 1. The molecule has 0 bridgehead atoms. The fourth-order valence-electron chi connectivity index (χ4n) is 8.64. The van der Waals surface area contributed by atoms with E-state index in [1.165, 1.54) is 34.1 Å². The molecule has 2 aromatic rings. The van der Waals surface area contributed by atoms with Crippen LogP contribution in [0.15, 0.2) is 59.6 Å². The van der Waals surface area contributed by atoms with Crippen molar-refractivity contribution >= 4 is 65.2 Å². The van der Waals surface area contributed by atoms with Crippen molar-refractivity contribution in [1.29, 1.82) is 0 Å². The van der Waals surface area contributed by atoms with Crippen LogP contribution in [0.2, 0.25) is 0 Å². The molecule has 0 spiro atoms. The molecule has 15 N–H and O–H groups in total. The smallest absolute Gasteiger partial charge is 0.326 e. The number of carboxylic acid groups (broad SMARTS) is 3. The minimum Gasteiger partial charge on any atom is -0.508 e. The first-order chi connectivity index (χ1) is 34.5. The third kappa shape index (κ3) is 18.1. The Balaban J connectivity index is 1.55. The minimum absolute atomic E-state index is 0.00725. The molecule has 25 heteroatoms. The number of nitrogens with zero attached hydrogens (tertiary/aromatic N) is 3. The highest BCUT2D eigenvalue weighted by atomic mass is 16.4. The van der Waals surface area contributed by atoms with E-state index in [9.17, 15) is 68.4 Å². The van der Waals surface area contributed by atoms with E-state index in [0.717, 1.165) is 0 Å². The zero-order valence-corrected chi connectivity index (χ0v) is 40.7. The van der Waals surface area contributed by atoms with Crippen LogP contribution in [0.3, 0.4) is 0 Å². The predicted molar refractivity (Wildman–Crippen MR) is 261 cm³/mol. The topological polar surface area (TPSA) is 409 Å². The number of aliphatic carboxylic acids is 3. The highest BCUT2D eigenvalue weighted by Gasteiger charge is 2.42. The van der Waals surface area contributed by atoms with E-state index < -0.39 is 120 Å². The van der Waals surface area contributed by atoms with Gasteiger partial charge in [0.15, 0.2) is 5.96 Å². The quantitative estimate of drug-likeness (QED) is 0.0263. The molecular formula is C48H67N11O14. The van der Waals surface area contributed by atoms with Crippen molar-refractivity contribution in [2.24, 2.45) is 28.1 Å². The van der Waals surface area contributed by atoms with E-state index in [2.05, 4.69) is 31.6 Å². The predicted octanol–water partition coefficient (Wildman–Crippen LogP) is -1.96. The summed E-state index contributed by atoms with van der Waals surface area (Å²) in [5, 5.41) is 51.4. The van der Waals surface area contributed by atoms with Gasteiger partial charge in [0.1, 0.15) is 48.0 Å². The van der Waals surface area contributed by atoms with Crippen molar-refractivity contribution in [1.82, 2.24) is 36.4 Å². The van der Waals surface area contributed by atoms with Crippen molar-refractivity contribution in [3.8, 4) is 5.75 Å². The number of guanidine groups is 1. The fraction of sp³-hybridized carbons (Fsp3) is 0.521. The Kier molecular flexibility index (Phi) is 21.9. The average Bonchev–Trinajstić information content (AvgIpc) is 4.03. The molecule has 7 amide bonds. The Morgan fingerprint density at radius 2 is 1.10 bits per heavy atom. The van der Waals surface area contributed by atoms with Gasteiger partial charge in [-0.1, -0.05) is 56.3 Å². The van der Waals surface area contributed by atoms with E-state index in [0.29, 0.717) is 24.0 Å². The molecule has 8 atom stereocenters. The molecule has 2 saturated heterocycles. The van der Waals surface area contributed by atoms with Crippen LogP contribution in [0.4, 0.5) is 0 Å². The number of carboxylic acids is 3. The highest BCUT2D eigenvalue weighted by molar-refractivity contribution is 5.99. The van der Waals surface area contributed by atoms with Crippen LogP contribution in [0.25, 0.3) is 0 Å². The lowest BCUT2D eigenvalue weighted by molar-refractivity contribution is -0.145. The van der Waals surface area contributed by atoms with Gasteiger partial charge in [0.05, 0.1) is 18.9 Å². The number of amides is 7. The third-order valence-corrected chi connectivity index (χ3v) is 12.2. The van der Waals surface area contributed by atoms with E-state index in [1.54, 1.807) is 30.3 Å². The Morgan fingerprint density at radius 3 is 1.62 bits per heavy atom. The summed E-state index contributed by atoms with van der Waals surface area (Å²) < 4.78 is 0. The SMILES string of the molecule is CC(C)C[C@H](N)C(=O)N1CCC[C@H]1C(=O)N[C@@H](CC(=O)O)C(=O)N[C@@H](CC(=O)O)C(=O)N[C@@H](Cc1ccccc1)C(=O)N1CCC[C@H]1C(=O)N[C@@H](CCCN=C(N)N)C(=O)N[C@@H](Cc1ccc(O)cc1)C(=O)O. The van der Waals surface area contributed by atoms with Gasteiger partial charge >= 0.3 is 17.9 Å². The Bertz CT molecular complexity index is 2330. The van der Waals surface area contributed by atoms with Crippen LogP contribution >= 0.6 is 0 Å². The van der Waals surface area contributed by atoms with E-state index in [-0.39, 0.29) is 82.2 Å². The van der Waals surface area contributed by atoms with Crippen molar-refractivity contribution in [2.45, 2.75) is 133 Å². The number of hydrogen-bond acceptors (Lipinski definition) is 13. The zero-order valence-electron chi connectivity index (χ0n) is 40.7. The van der Waals surface area contributed by atoms with Crippen LogP contribution < -0.4 is 43.8 Å². The number of nitrogens with one attached hydrogen (secondary N) is 5. The van der Waals surface area contributed by atoms with Crippen molar-refractivity contribution in [3.05, 3.63) is 65.7 Å². The maximum atomic E-state index is 14.6. The van der Waals surface area contributed by atoms with Gasteiger partial charge in [-0.25, -0.2) is 4.79 Å². The van der Waals surface area contributed by atoms with Crippen molar-refractivity contribution in [3.63, 3.8) is 0 Å². The van der Waals surface area contributed by atoms with Gasteiger partial charge in [-0.15, -0.1) is 0 Å². The number of rotatable bonds is 27. The minimum atomic E-state index is -1.94. The maximum absolute atomic E-state index is 14.6. The van der Waals surface area contributed by atoms with E-state index in [4.69, 9.17) is 17.2 Å². The molecule has 2 aliphatic heterocycles. The largest absolute Gasteiger partial charge is 0.508 e. The van der Waals surface area contributed by atoms with Crippen molar-refractivity contribution < 1.29 is 68.4 Å². The van der Waals surface area contributed by atoms with E-state index >= 15 is 0 Å². The highest BCUT2D eigenvalue weighted by Crippen LogP contribution is 2.22. The molecule has 73 heavy (non-hydrogen) atoms. The van der Waals surface area contributed by atoms with Crippen LogP contribution in [0.1, 0.15) is 82.8 Å². The number of aliphatic imine (C=N–C) groups is 1. The van der Waals surface area contributed by atoms with Crippen LogP contribution in [-0.4, -0.2) is 163 Å². The van der Waals surface area contributed by atoms with Crippen molar-refractivity contribution in [2.75, 3.05) is 19.6 Å². The summed E-state index contributed by atoms with van der Waals surface area (Å²) in [4.78, 5) is 140. The number of carbonyl (C=O) groups excluding carboxylic acids is 7. The summed E-state index contributed by atoms with van der Waals surface area (Å²) in [6, 6.07) is 2.62. The maximum Gasteiger partial charge on any atom is 0.326 e. The molecule has 398 valence electrons. The molecule has 4 rings (SSSR count). The summed E-state index contributed by atoms with van der Waals surface area (Å²) in [7, 11) is 0. The standard InChI is InChI=1S/C48H67N11O14/c1-26(2)21-30(49)45(70)58-19-7-12-36(58)44(69)55-33(25-39(63)64)41(66)54-32(24-38(61)62)42(67)56-34(22-27-9-4-3-5-10-27)46(71)59-20-8-13-37(59)43(68)53-31(11-6-18-52-48(50)51)40(65)57-35(47(72)73)23-28-14-16-29(60)17-15-28/h3-5,9-10,14-17,26,30-37,60H,6-8,11-13,18-25,49H2,1-2H3,(H,53,68)(H,54,66)(H,55,69)(H,56,67)(H,57,65)(H,61,62)(H,63,64)(H,72,73)(H4,50,51,52)/t30-,31-,32-,33-,34-,35-,36-,37-/m0/s1. The molecule has 2 aromatic carbocycles. The summed E-state index contributed by atoms with van der Waals surface area (Å²) in [5.74, 6) is -11.0. The molecule has 0 aromatic heterocycles. The molecule has 2 aliphatic rings. The Labute approximate surface area is 421 Å². The number of hydrogen-bond donors (Lipinski definition) is 12. The number of phenolic OH excluding ortho intramolecular Hbond substituents is 1. The summed E-state index contributed by atoms with van der Waals surface area (Å²) >= 11 is 0. The molecule has 0 aliphatic carbocycles. The lowest BCUT2D eigenvalue weighted by atomic mass is 10.0. The van der Waals surface area contributed by atoms with Gasteiger partial charge < -0.3 is 74.0 Å². The summed E-state index contributed by atoms with van der Waals surface area (Å²) in [5.41, 5.74) is 18.0. The van der Waals surface area contributed by atoms with Gasteiger partial charge in [-0.3, -0.25) is 48.1 Å². The molecule has 0 radical (unpaired) electrons. The molecule has 0 saturated carbocycles. The first-order valence-corrected chi connectivity index (χ1v) is 24.0. The number of nitrogens with two attached hydrogens (primary N) is 3. The molecule has 2 fully saturated rings. The molecule has 25 nitrogen and oxygen atoms in total. The second-order valence-electron chi connectivity index (χ2n) is 18.5. The van der Waals surface area contributed by atoms with Crippen LogP contribution in [0.5, 0.6) is 5.75 Å². The number of carbonyl (C=O) groups is 10. The van der Waals surface area contributed by atoms with E-state index in [1.807, 2.05) is 13.8 Å². The number of aromatic hydroxyl groups is 1. The third-order valence-electron chi connectivity index (χ3n) is 12.2. The van der Waals surface area contributed by atoms with Gasteiger partial charge in [-0.05, 0) is 74.1 Å².